The number of para-hydroxylation sites is 1. The number of anilines is 1. The second-order valence-electron chi connectivity index (χ2n) is 6.83. The van der Waals surface area contributed by atoms with Crippen LogP contribution in [0.25, 0.3) is 5.88 Å². The van der Waals surface area contributed by atoms with Crippen LogP contribution in [-0.2, 0) is 16.0 Å². The molecule has 1 aliphatic rings. The number of benzene rings is 1. The van der Waals surface area contributed by atoms with Crippen LogP contribution in [0.2, 0.25) is 0 Å². The average molecular weight is 389 g/mol. The molecule has 7 nitrogen and oxygen atoms in total. The van der Waals surface area contributed by atoms with E-state index in [0.717, 1.165) is 17.7 Å². The molecule has 0 aliphatic carbocycles. The second-order valence-corrected chi connectivity index (χ2v) is 6.83. The largest absolute Gasteiger partial charge is 0.449 e. The van der Waals surface area contributed by atoms with E-state index in [1.165, 1.54) is 6.92 Å². The molecule has 0 bridgehead atoms. The molecule has 3 heterocycles. The average Bonchev–Trinajstić information content (AvgIpc) is 3.45. The zero-order valence-corrected chi connectivity index (χ0v) is 16.1. The minimum atomic E-state index is -0.996. The van der Waals surface area contributed by atoms with Crippen molar-refractivity contribution in [3.8, 4) is 12.0 Å². The molecule has 29 heavy (non-hydrogen) atoms. The number of carbonyl (C=O) groups excluding carboxylic acids is 2. The molecule has 0 saturated heterocycles. The highest BCUT2D eigenvalue weighted by molar-refractivity contribution is 6.01. The zero-order valence-electron chi connectivity index (χ0n) is 16.1. The molecule has 0 spiro atoms. The van der Waals surface area contributed by atoms with Crippen molar-refractivity contribution >= 4 is 17.6 Å². The molecule has 0 N–H and O–H groups in total. The molecular formula is C22H19N3O4. The number of rotatable bonds is 4. The number of hydrogen-bond donors (Lipinski definition) is 0. The molecule has 0 saturated carbocycles. The van der Waals surface area contributed by atoms with Crippen LogP contribution in [0.3, 0.4) is 0 Å². The zero-order chi connectivity index (χ0) is 20.5. The lowest BCUT2D eigenvalue weighted by Gasteiger charge is -2.21. The van der Waals surface area contributed by atoms with Gasteiger partial charge in [0.2, 0.25) is 5.88 Å². The molecule has 1 amide bonds. The number of nitrogens with zero attached hydrogens (tertiary/aromatic N) is 3. The van der Waals surface area contributed by atoms with E-state index in [1.54, 1.807) is 40.9 Å². The minimum Gasteiger partial charge on any atom is -0.449 e. The SMILES string of the molecule is Cc1oc(-n2cccc2)c(C#N)c1C(=O)OC(C)C(=O)N1CCc2ccccc21. The van der Waals surface area contributed by atoms with Gasteiger partial charge in [-0.15, -0.1) is 0 Å². The standard InChI is InChI=1S/C22H19N3O4/c1-14-19(17(13-23)21(28-14)24-10-5-6-11-24)22(27)29-15(2)20(26)25-12-9-16-7-3-4-8-18(16)25/h3-8,10-11,15H,9,12H2,1-2H3. The van der Waals surface area contributed by atoms with Gasteiger partial charge in [0.1, 0.15) is 23.0 Å². The van der Waals surface area contributed by atoms with Crippen molar-refractivity contribution < 1.29 is 18.7 Å². The molecular weight excluding hydrogens is 370 g/mol. The van der Waals surface area contributed by atoms with Gasteiger partial charge in [-0.3, -0.25) is 9.36 Å². The smallest absolute Gasteiger partial charge is 0.343 e. The fourth-order valence-electron chi connectivity index (χ4n) is 3.59. The van der Waals surface area contributed by atoms with E-state index in [2.05, 4.69) is 0 Å². The van der Waals surface area contributed by atoms with E-state index in [-0.39, 0.29) is 28.7 Å². The number of hydrogen-bond acceptors (Lipinski definition) is 5. The summed E-state index contributed by atoms with van der Waals surface area (Å²) in [4.78, 5) is 27.3. The lowest BCUT2D eigenvalue weighted by Crippen LogP contribution is -2.39. The Bertz CT molecular complexity index is 1120. The molecule has 1 unspecified atom stereocenters. The number of nitriles is 1. The van der Waals surface area contributed by atoms with Gasteiger partial charge in [-0.25, -0.2) is 4.79 Å². The monoisotopic (exact) mass is 389 g/mol. The van der Waals surface area contributed by atoms with Crippen molar-refractivity contribution in [1.29, 1.82) is 5.26 Å². The van der Waals surface area contributed by atoms with Crippen LogP contribution >= 0.6 is 0 Å². The maximum Gasteiger partial charge on any atom is 0.343 e. The summed E-state index contributed by atoms with van der Waals surface area (Å²) in [5, 5.41) is 9.58. The number of furan rings is 1. The fourth-order valence-corrected chi connectivity index (χ4v) is 3.59. The highest BCUT2D eigenvalue weighted by atomic mass is 16.5. The molecule has 2 aromatic heterocycles. The Balaban J connectivity index is 1.56. The lowest BCUT2D eigenvalue weighted by atomic mass is 10.1. The molecule has 1 aliphatic heterocycles. The first-order valence-electron chi connectivity index (χ1n) is 9.28. The van der Waals surface area contributed by atoms with E-state index in [1.807, 2.05) is 30.3 Å². The van der Waals surface area contributed by atoms with Crippen molar-refractivity contribution in [3.63, 3.8) is 0 Å². The van der Waals surface area contributed by atoms with Crippen molar-refractivity contribution in [2.24, 2.45) is 0 Å². The first kappa shape index (κ1) is 18.6. The summed E-state index contributed by atoms with van der Waals surface area (Å²) in [5.41, 5.74) is 2.05. The normalized spacial score (nSPS) is 13.6. The van der Waals surface area contributed by atoms with Crippen molar-refractivity contribution in [1.82, 2.24) is 4.57 Å². The van der Waals surface area contributed by atoms with Crippen molar-refractivity contribution in [3.05, 3.63) is 71.2 Å². The first-order chi connectivity index (χ1) is 14.0. The summed E-state index contributed by atoms with van der Waals surface area (Å²) in [6.07, 6.45) is 3.20. The van der Waals surface area contributed by atoms with Crippen molar-refractivity contribution in [2.45, 2.75) is 26.4 Å². The van der Waals surface area contributed by atoms with Gasteiger partial charge in [-0.1, -0.05) is 18.2 Å². The lowest BCUT2D eigenvalue weighted by molar-refractivity contribution is -0.126. The summed E-state index contributed by atoms with van der Waals surface area (Å²) >= 11 is 0. The van der Waals surface area contributed by atoms with E-state index in [4.69, 9.17) is 9.15 Å². The van der Waals surface area contributed by atoms with E-state index >= 15 is 0 Å². The summed E-state index contributed by atoms with van der Waals surface area (Å²) in [7, 11) is 0. The van der Waals surface area contributed by atoms with Crippen molar-refractivity contribution in [2.75, 3.05) is 11.4 Å². The number of aromatic nitrogens is 1. The van der Waals surface area contributed by atoms with Crippen LogP contribution < -0.4 is 4.90 Å². The number of aryl methyl sites for hydroxylation is 1. The highest BCUT2D eigenvalue weighted by Crippen LogP contribution is 2.29. The first-order valence-corrected chi connectivity index (χ1v) is 9.28. The third-order valence-corrected chi connectivity index (χ3v) is 5.01. The van der Waals surface area contributed by atoms with Crippen LogP contribution in [0.4, 0.5) is 5.69 Å². The summed E-state index contributed by atoms with van der Waals surface area (Å²) < 4.78 is 12.7. The molecule has 1 aromatic carbocycles. The quantitative estimate of drug-likeness (QED) is 0.638. The Kier molecular flexibility index (Phi) is 4.69. The Morgan fingerprint density at radius 1 is 1.21 bits per heavy atom. The topological polar surface area (TPSA) is 88.5 Å². The van der Waals surface area contributed by atoms with Gasteiger partial charge in [0.15, 0.2) is 6.10 Å². The van der Waals surface area contributed by atoms with Gasteiger partial charge in [-0.05, 0) is 44.0 Å². The Morgan fingerprint density at radius 3 is 2.66 bits per heavy atom. The molecule has 0 radical (unpaired) electrons. The van der Waals surface area contributed by atoms with Gasteiger partial charge in [0.25, 0.3) is 5.91 Å². The van der Waals surface area contributed by atoms with Gasteiger partial charge in [-0.2, -0.15) is 5.26 Å². The van der Waals surface area contributed by atoms with E-state index in [9.17, 15) is 14.9 Å². The van der Waals surface area contributed by atoms with Gasteiger partial charge in [0, 0.05) is 24.6 Å². The molecule has 4 rings (SSSR count). The van der Waals surface area contributed by atoms with Gasteiger partial charge in [0.05, 0.1) is 0 Å². The maximum atomic E-state index is 12.9. The van der Waals surface area contributed by atoms with Crippen LogP contribution in [0.5, 0.6) is 0 Å². The number of fused-ring (bicyclic) bond motifs is 1. The predicted molar refractivity (Wildman–Crippen MR) is 105 cm³/mol. The highest BCUT2D eigenvalue weighted by Gasteiger charge is 2.32. The molecule has 1 atom stereocenters. The molecule has 3 aromatic rings. The summed E-state index contributed by atoms with van der Waals surface area (Å²) in [6, 6.07) is 13.3. The molecule has 146 valence electrons. The van der Waals surface area contributed by atoms with Gasteiger partial charge >= 0.3 is 5.97 Å². The van der Waals surface area contributed by atoms with Gasteiger partial charge < -0.3 is 14.1 Å². The number of carbonyl (C=O) groups is 2. The maximum absolute atomic E-state index is 12.9. The summed E-state index contributed by atoms with van der Waals surface area (Å²) in [6.45, 7) is 3.68. The molecule has 7 heteroatoms. The van der Waals surface area contributed by atoms with Crippen LogP contribution in [0.1, 0.15) is 34.2 Å². The fraction of sp³-hybridized carbons (Fsp3) is 0.227. The summed E-state index contributed by atoms with van der Waals surface area (Å²) in [5.74, 6) is -0.543. The number of amides is 1. The minimum absolute atomic E-state index is 0.0395. The van der Waals surface area contributed by atoms with Crippen LogP contribution in [0, 0.1) is 18.3 Å². The van der Waals surface area contributed by atoms with Crippen LogP contribution in [0.15, 0.2) is 53.2 Å². The Hall–Kier alpha value is -3.79. The number of esters is 1. The Morgan fingerprint density at radius 2 is 1.93 bits per heavy atom. The van der Waals surface area contributed by atoms with E-state index < -0.39 is 12.1 Å². The van der Waals surface area contributed by atoms with E-state index in [0.29, 0.717) is 6.54 Å². The van der Waals surface area contributed by atoms with Crippen LogP contribution in [-0.4, -0.2) is 29.1 Å². The molecule has 0 fully saturated rings. The third kappa shape index (κ3) is 3.19. The second kappa shape index (κ2) is 7.32. The Labute approximate surface area is 167 Å². The third-order valence-electron chi connectivity index (χ3n) is 5.01. The number of ether oxygens (including phenoxy) is 1. The predicted octanol–water partition coefficient (Wildman–Crippen LogP) is 3.39.